The minimum Gasteiger partial charge on any atom is -0.484 e. The molecule has 1 unspecified atom stereocenters. The van der Waals surface area contributed by atoms with Crippen LogP contribution in [0.2, 0.25) is 0 Å². The second-order valence-corrected chi connectivity index (χ2v) is 7.78. The first kappa shape index (κ1) is 18.9. The summed E-state index contributed by atoms with van der Waals surface area (Å²) in [6, 6.07) is 11.6. The van der Waals surface area contributed by atoms with Gasteiger partial charge in [-0.05, 0) is 48.9 Å². The maximum Gasteiger partial charge on any atom is 0.260 e. The Labute approximate surface area is 147 Å². The lowest BCUT2D eigenvalue weighted by Crippen LogP contribution is -2.33. The number of benzene rings is 2. The van der Waals surface area contributed by atoms with Crippen LogP contribution < -0.4 is 4.74 Å². The van der Waals surface area contributed by atoms with Crippen LogP contribution in [0.25, 0.3) is 0 Å². The van der Waals surface area contributed by atoms with Crippen LogP contribution in [0.15, 0.2) is 53.4 Å². The van der Waals surface area contributed by atoms with E-state index >= 15 is 0 Å². The van der Waals surface area contributed by atoms with Gasteiger partial charge in [-0.2, -0.15) is 0 Å². The number of halogens is 1. The lowest BCUT2D eigenvalue weighted by atomic mass is 10.1. The Bertz CT molecular complexity index is 832. The van der Waals surface area contributed by atoms with Crippen LogP contribution in [0, 0.1) is 5.82 Å². The minimum absolute atomic E-state index is 0.180. The summed E-state index contributed by atoms with van der Waals surface area (Å²) in [5, 5.41) is 0. The van der Waals surface area contributed by atoms with Gasteiger partial charge in [0.15, 0.2) is 16.4 Å². The number of hydrogen-bond donors (Lipinski definition) is 0. The van der Waals surface area contributed by atoms with Gasteiger partial charge in [0.1, 0.15) is 11.6 Å². The van der Waals surface area contributed by atoms with Crippen molar-refractivity contribution in [3.05, 3.63) is 59.9 Å². The zero-order valence-electron chi connectivity index (χ0n) is 14.3. The fraction of sp³-hybridized carbons (Fsp3) is 0.278. The SMILES string of the molecule is CC(c1ccc(F)cc1)N(C)C(=O)COc1ccc(S(C)(=O)=O)cc1. The second kappa shape index (κ2) is 7.65. The average molecular weight is 365 g/mol. The van der Waals surface area contributed by atoms with Gasteiger partial charge in [-0.15, -0.1) is 0 Å². The molecule has 0 N–H and O–H groups in total. The van der Waals surface area contributed by atoms with Gasteiger partial charge in [0.25, 0.3) is 5.91 Å². The number of hydrogen-bond acceptors (Lipinski definition) is 4. The van der Waals surface area contributed by atoms with E-state index in [1.54, 1.807) is 19.2 Å². The quantitative estimate of drug-likeness (QED) is 0.790. The molecule has 134 valence electrons. The molecule has 1 atom stereocenters. The summed E-state index contributed by atoms with van der Waals surface area (Å²) in [6.45, 7) is 1.66. The summed E-state index contributed by atoms with van der Waals surface area (Å²) in [7, 11) is -1.62. The van der Waals surface area contributed by atoms with Gasteiger partial charge < -0.3 is 9.64 Å². The van der Waals surface area contributed by atoms with Crippen molar-refractivity contribution in [1.82, 2.24) is 4.90 Å². The van der Waals surface area contributed by atoms with Crippen LogP contribution in [0.5, 0.6) is 5.75 Å². The summed E-state index contributed by atoms with van der Waals surface area (Å²) < 4.78 is 41.2. The Hall–Kier alpha value is -2.41. The first-order chi connectivity index (χ1) is 11.7. The van der Waals surface area contributed by atoms with Gasteiger partial charge in [0.05, 0.1) is 10.9 Å². The fourth-order valence-electron chi connectivity index (χ4n) is 2.21. The van der Waals surface area contributed by atoms with E-state index in [9.17, 15) is 17.6 Å². The van der Waals surface area contributed by atoms with Gasteiger partial charge in [-0.3, -0.25) is 4.79 Å². The molecule has 25 heavy (non-hydrogen) atoms. The molecule has 2 aromatic carbocycles. The Morgan fingerprint density at radius 1 is 1.12 bits per heavy atom. The van der Waals surface area contributed by atoms with Crippen LogP contribution >= 0.6 is 0 Å². The van der Waals surface area contributed by atoms with Gasteiger partial charge in [-0.25, -0.2) is 12.8 Å². The normalized spacial score (nSPS) is 12.5. The van der Waals surface area contributed by atoms with Gasteiger partial charge in [0, 0.05) is 13.3 Å². The standard InChI is InChI=1S/C18H20FNO4S/c1-13(14-4-6-15(19)7-5-14)20(2)18(21)12-24-16-8-10-17(11-9-16)25(3,22)23/h4-11,13H,12H2,1-3H3. The molecule has 0 saturated carbocycles. The van der Waals surface area contributed by atoms with Crippen LogP contribution in [-0.2, 0) is 14.6 Å². The highest BCUT2D eigenvalue weighted by Crippen LogP contribution is 2.20. The highest BCUT2D eigenvalue weighted by molar-refractivity contribution is 7.90. The molecule has 0 aliphatic heterocycles. The second-order valence-electron chi connectivity index (χ2n) is 5.76. The van der Waals surface area contributed by atoms with Crippen molar-refractivity contribution < 1.29 is 22.3 Å². The highest BCUT2D eigenvalue weighted by atomic mass is 32.2. The van der Waals surface area contributed by atoms with Crippen molar-refractivity contribution in [2.45, 2.75) is 17.9 Å². The molecular weight excluding hydrogens is 345 g/mol. The number of carbonyl (C=O) groups is 1. The number of sulfone groups is 1. The van der Waals surface area contributed by atoms with Crippen LogP contribution in [0.4, 0.5) is 4.39 Å². The number of rotatable bonds is 6. The Morgan fingerprint density at radius 3 is 2.20 bits per heavy atom. The van der Waals surface area contributed by atoms with Crippen LogP contribution in [-0.4, -0.2) is 39.1 Å². The van der Waals surface area contributed by atoms with E-state index < -0.39 is 9.84 Å². The highest BCUT2D eigenvalue weighted by Gasteiger charge is 2.18. The van der Waals surface area contributed by atoms with Crippen molar-refractivity contribution in [3.63, 3.8) is 0 Å². The molecule has 0 heterocycles. The van der Waals surface area contributed by atoms with E-state index in [0.29, 0.717) is 5.75 Å². The maximum absolute atomic E-state index is 13.0. The third-order valence-corrected chi connectivity index (χ3v) is 5.07. The summed E-state index contributed by atoms with van der Waals surface area (Å²) in [5.74, 6) is -0.168. The molecule has 1 amide bonds. The van der Waals surface area contributed by atoms with E-state index in [0.717, 1.165) is 11.8 Å². The number of nitrogens with zero attached hydrogens (tertiary/aromatic N) is 1. The topological polar surface area (TPSA) is 63.7 Å². The predicted octanol–water partition coefficient (Wildman–Crippen LogP) is 2.83. The molecule has 0 aliphatic carbocycles. The Morgan fingerprint density at radius 2 is 1.68 bits per heavy atom. The van der Waals surface area contributed by atoms with Gasteiger partial charge >= 0.3 is 0 Å². The minimum atomic E-state index is -3.27. The molecule has 2 aromatic rings. The molecule has 2 rings (SSSR count). The first-order valence-corrected chi connectivity index (χ1v) is 9.51. The zero-order valence-corrected chi connectivity index (χ0v) is 15.1. The van der Waals surface area contributed by atoms with E-state index in [-0.39, 0.29) is 29.3 Å². The number of amides is 1. The maximum atomic E-state index is 13.0. The Kier molecular flexibility index (Phi) is 5.79. The van der Waals surface area contributed by atoms with E-state index in [4.69, 9.17) is 4.74 Å². The zero-order chi connectivity index (χ0) is 18.6. The number of carbonyl (C=O) groups excluding carboxylic acids is 1. The molecule has 7 heteroatoms. The summed E-state index contributed by atoms with van der Waals surface area (Å²) >= 11 is 0. The average Bonchev–Trinajstić information content (AvgIpc) is 2.58. The van der Waals surface area contributed by atoms with Crippen LogP contribution in [0.3, 0.4) is 0 Å². The van der Waals surface area contributed by atoms with Crippen LogP contribution in [0.1, 0.15) is 18.5 Å². The predicted molar refractivity (Wildman–Crippen MR) is 92.6 cm³/mol. The summed E-state index contributed by atoms with van der Waals surface area (Å²) in [6.07, 6.45) is 1.12. The molecule has 0 fully saturated rings. The molecule has 0 bridgehead atoms. The number of likely N-dealkylation sites (N-methyl/N-ethyl adjacent to an activating group) is 1. The fourth-order valence-corrected chi connectivity index (χ4v) is 2.84. The monoisotopic (exact) mass is 365 g/mol. The van der Waals surface area contributed by atoms with Crippen molar-refractivity contribution >= 4 is 15.7 Å². The molecule has 0 aromatic heterocycles. The van der Waals surface area contributed by atoms with Crippen molar-refractivity contribution in [1.29, 1.82) is 0 Å². The third kappa shape index (κ3) is 5.03. The smallest absolute Gasteiger partial charge is 0.260 e. The van der Waals surface area contributed by atoms with Gasteiger partial charge in [0.2, 0.25) is 0 Å². The Balaban J connectivity index is 1.96. The van der Waals surface area contributed by atoms with Crippen molar-refractivity contribution in [2.75, 3.05) is 19.9 Å². The number of ether oxygens (including phenoxy) is 1. The van der Waals surface area contributed by atoms with Crippen molar-refractivity contribution in [3.8, 4) is 5.75 Å². The molecule has 0 radical (unpaired) electrons. The lowest BCUT2D eigenvalue weighted by molar-refractivity contribution is -0.134. The third-order valence-electron chi connectivity index (χ3n) is 3.94. The summed E-state index contributed by atoms with van der Waals surface area (Å²) in [4.78, 5) is 14.0. The van der Waals surface area contributed by atoms with E-state index in [1.807, 2.05) is 6.92 Å². The van der Waals surface area contributed by atoms with E-state index in [2.05, 4.69) is 0 Å². The first-order valence-electron chi connectivity index (χ1n) is 7.62. The molecule has 5 nitrogen and oxygen atoms in total. The molecule has 0 aliphatic rings. The molecule has 0 spiro atoms. The molecular formula is C18H20FNO4S. The largest absolute Gasteiger partial charge is 0.484 e. The van der Waals surface area contributed by atoms with Gasteiger partial charge in [-0.1, -0.05) is 12.1 Å². The summed E-state index contributed by atoms with van der Waals surface area (Å²) in [5.41, 5.74) is 0.815. The van der Waals surface area contributed by atoms with E-state index in [1.165, 1.54) is 41.3 Å². The van der Waals surface area contributed by atoms with Crippen molar-refractivity contribution in [2.24, 2.45) is 0 Å². The lowest BCUT2D eigenvalue weighted by Gasteiger charge is -2.25. The molecule has 0 saturated heterocycles.